The van der Waals surface area contributed by atoms with Crippen LogP contribution in [0.3, 0.4) is 0 Å². The standard InChI is InChI=1S/C15H25NO/c1-5-7-14(16)13-8-9-15(17-10-6-2)12(4)11(13)3/h8-9,14H,5-7,10,16H2,1-4H3. The fraction of sp³-hybridized carbons (Fsp3) is 0.600. The van der Waals surface area contributed by atoms with Crippen molar-refractivity contribution in [1.82, 2.24) is 0 Å². The molecule has 0 bridgehead atoms. The first-order chi connectivity index (χ1) is 8.11. The summed E-state index contributed by atoms with van der Waals surface area (Å²) in [5, 5.41) is 0. The zero-order valence-corrected chi connectivity index (χ0v) is 11.5. The third kappa shape index (κ3) is 3.47. The van der Waals surface area contributed by atoms with Crippen LogP contribution in [0.4, 0.5) is 0 Å². The molecule has 0 fully saturated rings. The second-order valence-corrected chi connectivity index (χ2v) is 4.65. The van der Waals surface area contributed by atoms with Gasteiger partial charge in [0.15, 0.2) is 0 Å². The van der Waals surface area contributed by atoms with Crippen molar-refractivity contribution in [3.63, 3.8) is 0 Å². The first-order valence-corrected chi connectivity index (χ1v) is 6.60. The van der Waals surface area contributed by atoms with Crippen LogP contribution in [0.1, 0.15) is 55.8 Å². The van der Waals surface area contributed by atoms with E-state index in [9.17, 15) is 0 Å². The summed E-state index contributed by atoms with van der Waals surface area (Å²) in [5.41, 5.74) is 9.94. The molecule has 1 aromatic rings. The van der Waals surface area contributed by atoms with E-state index in [1.807, 2.05) is 0 Å². The smallest absolute Gasteiger partial charge is 0.122 e. The van der Waals surface area contributed by atoms with Gasteiger partial charge >= 0.3 is 0 Å². The van der Waals surface area contributed by atoms with E-state index in [1.165, 1.54) is 16.7 Å². The van der Waals surface area contributed by atoms with Crippen LogP contribution in [0.2, 0.25) is 0 Å². The third-order valence-electron chi connectivity index (χ3n) is 3.24. The molecule has 0 radical (unpaired) electrons. The van der Waals surface area contributed by atoms with Gasteiger partial charge in [-0.2, -0.15) is 0 Å². The molecule has 0 saturated heterocycles. The minimum Gasteiger partial charge on any atom is -0.493 e. The Bertz CT molecular complexity index is 360. The highest BCUT2D eigenvalue weighted by atomic mass is 16.5. The number of nitrogens with two attached hydrogens (primary N) is 1. The predicted octanol–water partition coefficient (Wildman–Crippen LogP) is 3.89. The van der Waals surface area contributed by atoms with Crippen LogP contribution in [-0.4, -0.2) is 6.61 Å². The van der Waals surface area contributed by atoms with E-state index >= 15 is 0 Å². The summed E-state index contributed by atoms with van der Waals surface area (Å²) in [6, 6.07) is 4.33. The maximum atomic E-state index is 6.18. The highest BCUT2D eigenvalue weighted by Crippen LogP contribution is 2.28. The maximum absolute atomic E-state index is 6.18. The molecule has 2 N–H and O–H groups in total. The molecule has 0 amide bonds. The van der Waals surface area contributed by atoms with Crippen molar-refractivity contribution in [2.45, 2.75) is 53.0 Å². The molecule has 17 heavy (non-hydrogen) atoms. The quantitative estimate of drug-likeness (QED) is 0.811. The molecular formula is C15H25NO. The highest BCUT2D eigenvalue weighted by molar-refractivity contribution is 5.44. The van der Waals surface area contributed by atoms with Crippen LogP contribution in [0.25, 0.3) is 0 Å². The topological polar surface area (TPSA) is 35.2 Å². The highest BCUT2D eigenvalue weighted by Gasteiger charge is 2.12. The molecule has 1 aromatic carbocycles. The molecule has 0 spiro atoms. The lowest BCUT2D eigenvalue weighted by Gasteiger charge is -2.18. The molecule has 0 aliphatic heterocycles. The molecule has 0 aromatic heterocycles. The minimum absolute atomic E-state index is 0.152. The summed E-state index contributed by atoms with van der Waals surface area (Å²) in [5.74, 6) is 0.997. The fourth-order valence-electron chi connectivity index (χ4n) is 2.05. The summed E-state index contributed by atoms with van der Waals surface area (Å²) >= 11 is 0. The molecule has 0 aliphatic carbocycles. The molecule has 2 nitrogen and oxygen atoms in total. The Hall–Kier alpha value is -1.02. The average Bonchev–Trinajstić information content (AvgIpc) is 2.31. The van der Waals surface area contributed by atoms with Crippen molar-refractivity contribution < 1.29 is 4.74 Å². The molecule has 0 saturated carbocycles. The van der Waals surface area contributed by atoms with Gasteiger partial charge in [0.2, 0.25) is 0 Å². The van der Waals surface area contributed by atoms with Crippen molar-refractivity contribution in [2.75, 3.05) is 6.61 Å². The van der Waals surface area contributed by atoms with Crippen LogP contribution in [0.5, 0.6) is 5.75 Å². The van der Waals surface area contributed by atoms with Crippen molar-refractivity contribution >= 4 is 0 Å². The van der Waals surface area contributed by atoms with E-state index in [0.717, 1.165) is 31.6 Å². The second kappa shape index (κ2) is 6.65. The van der Waals surface area contributed by atoms with Gasteiger partial charge in [-0.25, -0.2) is 0 Å². The Kier molecular flexibility index (Phi) is 5.49. The Morgan fingerprint density at radius 3 is 2.41 bits per heavy atom. The van der Waals surface area contributed by atoms with Gasteiger partial charge in [-0.05, 0) is 49.4 Å². The normalized spacial score (nSPS) is 12.5. The van der Waals surface area contributed by atoms with E-state index < -0.39 is 0 Å². The van der Waals surface area contributed by atoms with E-state index in [1.54, 1.807) is 0 Å². The zero-order chi connectivity index (χ0) is 12.8. The first kappa shape index (κ1) is 14.0. The molecule has 96 valence electrons. The molecule has 1 atom stereocenters. The van der Waals surface area contributed by atoms with Gasteiger partial charge < -0.3 is 10.5 Å². The summed E-state index contributed by atoms with van der Waals surface area (Å²) in [6.45, 7) is 9.32. The van der Waals surface area contributed by atoms with Gasteiger partial charge in [0.1, 0.15) is 5.75 Å². The van der Waals surface area contributed by atoms with Crippen LogP contribution < -0.4 is 10.5 Å². The molecule has 0 heterocycles. The third-order valence-corrected chi connectivity index (χ3v) is 3.24. The van der Waals surface area contributed by atoms with Crippen molar-refractivity contribution in [3.05, 3.63) is 28.8 Å². The van der Waals surface area contributed by atoms with E-state index in [0.29, 0.717) is 0 Å². The number of rotatable bonds is 6. The summed E-state index contributed by atoms with van der Waals surface area (Å²) in [4.78, 5) is 0. The van der Waals surface area contributed by atoms with Crippen LogP contribution in [-0.2, 0) is 0 Å². The number of ether oxygens (including phenoxy) is 1. The number of hydrogen-bond acceptors (Lipinski definition) is 2. The zero-order valence-electron chi connectivity index (χ0n) is 11.5. The van der Waals surface area contributed by atoms with Gasteiger partial charge in [0.05, 0.1) is 6.61 Å². The monoisotopic (exact) mass is 235 g/mol. The minimum atomic E-state index is 0.152. The molecule has 1 rings (SSSR count). The second-order valence-electron chi connectivity index (χ2n) is 4.65. The predicted molar refractivity (Wildman–Crippen MR) is 73.5 cm³/mol. The maximum Gasteiger partial charge on any atom is 0.122 e. The summed E-state index contributed by atoms with van der Waals surface area (Å²) in [7, 11) is 0. The molecule has 0 aliphatic rings. The van der Waals surface area contributed by atoms with Crippen LogP contribution in [0, 0.1) is 13.8 Å². The van der Waals surface area contributed by atoms with Crippen molar-refractivity contribution in [2.24, 2.45) is 5.73 Å². The molecular weight excluding hydrogens is 210 g/mol. The summed E-state index contributed by atoms with van der Waals surface area (Å²) in [6.07, 6.45) is 3.19. The Morgan fingerprint density at radius 2 is 1.82 bits per heavy atom. The van der Waals surface area contributed by atoms with Gasteiger partial charge in [0, 0.05) is 6.04 Å². The average molecular weight is 235 g/mol. The lowest BCUT2D eigenvalue weighted by atomic mass is 9.95. The van der Waals surface area contributed by atoms with Gasteiger partial charge in [-0.3, -0.25) is 0 Å². The molecule has 1 unspecified atom stereocenters. The SMILES string of the molecule is CCCOc1ccc(C(N)CCC)c(C)c1C. The Balaban J connectivity index is 2.93. The van der Waals surface area contributed by atoms with E-state index in [4.69, 9.17) is 10.5 Å². The number of benzene rings is 1. The van der Waals surface area contributed by atoms with Gasteiger partial charge in [-0.1, -0.05) is 26.3 Å². The first-order valence-electron chi connectivity index (χ1n) is 6.60. The largest absolute Gasteiger partial charge is 0.493 e. The van der Waals surface area contributed by atoms with Crippen molar-refractivity contribution in [1.29, 1.82) is 0 Å². The summed E-state index contributed by atoms with van der Waals surface area (Å²) < 4.78 is 5.72. The lowest BCUT2D eigenvalue weighted by Crippen LogP contribution is -2.12. The molecule has 2 heteroatoms. The Morgan fingerprint density at radius 1 is 1.12 bits per heavy atom. The Labute approximate surface area is 105 Å². The lowest BCUT2D eigenvalue weighted by molar-refractivity contribution is 0.315. The van der Waals surface area contributed by atoms with Gasteiger partial charge in [-0.15, -0.1) is 0 Å². The van der Waals surface area contributed by atoms with Gasteiger partial charge in [0.25, 0.3) is 0 Å². The van der Waals surface area contributed by atoms with E-state index in [-0.39, 0.29) is 6.04 Å². The van der Waals surface area contributed by atoms with Crippen LogP contribution >= 0.6 is 0 Å². The number of hydrogen-bond donors (Lipinski definition) is 1. The fourth-order valence-corrected chi connectivity index (χ4v) is 2.05. The van der Waals surface area contributed by atoms with E-state index in [2.05, 4.69) is 39.8 Å². The van der Waals surface area contributed by atoms with Crippen LogP contribution in [0.15, 0.2) is 12.1 Å². The van der Waals surface area contributed by atoms with Crippen molar-refractivity contribution in [3.8, 4) is 5.75 Å².